The Morgan fingerprint density at radius 1 is 1.29 bits per heavy atom. The van der Waals surface area contributed by atoms with Gasteiger partial charge in [0.15, 0.2) is 17.1 Å². The highest BCUT2D eigenvalue weighted by molar-refractivity contribution is 6.00. The third-order valence-corrected chi connectivity index (χ3v) is 4.80. The number of carbonyl (C=O) groups excluding carboxylic acids is 1. The van der Waals surface area contributed by atoms with Gasteiger partial charge in [0.2, 0.25) is 0 Å². The number of hydrogen-bond donors (Lipinski definition) is 1. The number of methoxy groups -OCH3 is 1. The average Bonchev–Trinajstić information content (AvgIpc) is 2.75. The highest BCUT2D eigenvalue weighted by Gasteiger charge is 2.29. The van der Waals surface area contributed by atoms with E-state index in [1.165, 1.54) is 36.2 Å². The van der Waals surface area contributed by atoms with E-state index in [0.29, 0.717) is 23.5 Å². The van der Waals surface area contributed by atoms with Crippen LogP contribution in [0.1, 0.15) is 28.4 Å². The Hall–Kier alpha value is -3.72. The van der Waals surface area contributed by atoms with Gasteiger partial charge in [0.25, 0.3) is 5.56 Å². The summed E-state index contributed by atoms with van der Waals surface area (Å²) < 4.78 is 30.5. The van der Waals surface area contributed by atoms with Crippen molar-refractivity contribution in [3.8, 4) is 11.5 Å². The molecule has 1 aromatic carbocycles. The first-order chi connectivity index (χ1) is 14.9. The van der Waals surface area contributed by atoms with Gasteiger partial charge in [-0.1, -0.05) is 12.1 Å². The Kier molecular flexibility index (Phi) is 5.43. The van der Waals surface area contributed by atoms with Gasteiger partial charge in [-0.3, -0.25) is 14.3 Å². The minimum Gasteiger partial charge on any atom is -0.505 e. The molecule has 2 aromatic heterocycles. The van der Waals surface area contributed by atoms with Crippen LogP contribution in [-0.2, 0) is 15.9 Å². The Bertz CT molecular complexity index is 1260. The summed E-state index contributed by atoms with van der Waals surface area (Å²) in [5.41, 5.74) is 0.378. The zero-order valence-electron chi connectivity index (χ0n) is 16.8. The summed E-state index contributed by atoms with van der Waals surface area (Å²) in [7, 11) is 1.48. The van der Waals surface area contributed by atoms with E-state index in [9.17, 15) is 19.1 Å². The van der Waals surface area contributed by atoms with Crippen LogP contribution in [0.5, 0.6) is 11.5 Å². The zero-order valence-corrected chi connectivity index (χ0v) is 16.8. The summed E-state index contributed by atoms with van der Waals surface area (Å²) in [5.74, 6) is -1.25. The largest absolute Gasteiger partial charge is 0.505 e. The van der Waals surface area contributed by atoms with Crippen LogP contribution < -0.4 is 10.3 Å². The van der Waals surface area contributed by atoms with Gasteiger partial charge in [-0.25, -0.2) is 9.18 Å². The van der Waals surface area contributed by atoms with E-state index in [1.54, 1.807) is 19.1 Å². The number of pyridine rings is 2. The lowest BCUT2D eigenvalue weighted by Gasteiger charge is -2.23. The highest BCUT2D eigenvalue weighted by Crippen LogP contribution is 2.38. The monoisotopic (exact) mass is 426 g/mol. The molecule has 1 aliphatic heterocycles. The smallest absolute Gasteiger partial charge is 0.347 e. The lowest BCUT2D eigenvalue weighted by molar-refractivity contribution is 0.0521. The topological polar surface area (TPSA) is 99.9 Å². The molecule has 0 bridgehead atoms. The first kappa shape index (κ1) is 20.5. The van der Waals surface area contributed by atoms with Gasteiger partial charge in [-0.2, -0.15) is 0 Å². The van der Waals surface area contributed by atoms with E-state index < -0.39 is 22.8 Å². The molecule has 3 heterocycles. The van der Waals surface area contributed by atoms with Crippen molar-refractivity contribution in [3.63, 3.8) is 0 Å². The molecule has 4 rings (SSSR count). The number of aromatic nitrogens is 2. The predicted octanol–water partition coefficient (Wildman–Crippen LogP) is 2.85. The summed E-state index contributed by atoms with van der Waals surface area (Å²) in [5, 5.41) is 10.7. The summed E-state index contributed by atoms with van der Waals surface area (Å²) in [4.78, 5) is 29.7. The second-order valence-corrected chi connectivity index (χ2v) is 6.86. The number of ether oxygens (including phenoxy) is 3. The fourth-order valence-electron chi connectivity index (χ4n) is 3.44. The summed E-state index contributed by atoms with van der Waals surface area (Å²) in [6, 6.07) is 5.96. The normalized spacial score (nSPS) is 12.4. The average molecular weight is 426 g/mol. The van der Waals surface area contributed by atoms with Crippen LogP contribution in [0.2, 0.25) is 0 Å². The van der Waals surface area contributed by atoms with E-state index in [4.69, 9.17) is 14.2 Å². The Balaban J connectivity index is 1.95. The molecule has 0 saturated carbocycles. The summed E-state index contributed by atoms with van der Waals surface area (Å²) >= 11 is 0. The van der Waals surface area contributed by atoms with Crippen molar-refractivity contribution in [2.24, 2.45) is 0 Å². The molecule has 0 unspecified atom stereocenters. The number of carbonyl (C=O) groups is 1. The van der Waals surface area contributed by atoms with Gasteiger partial charge in [0.05, 0.1) is 12.8 Å². The van der Waals surface area contributed by atoms with Gasteiger partial charge >= 0.3 is 5.97 Å². The number of rotatable bonds is 6. The van der Waals surface area contributed by atoms with E-state index in [-0.39, 0.29) is 30.1 Å². The molecule has 0 fully saturated rings. The second kappa shape index (κ2) is 8.19. The molecule has 1 N–H and O–H groups in total. The van der Waals surface area contributed by atoms with Gasteiger partial charge in [0.1, 0.15) is 29.2 Å². The van der Waals surface area contributed by atoms with Crippen molar-refractivity contribution in [2.75, 3.05) is 20.3 Å². The predicted molar refractivity (Wildman–Crippen MR) is 110 cm³/mol. The summed E-state index contributed by atoms with van der Waals surface area (Å²) in [6.07, 6.45) is 3.22. The molecule has 0 radical (unpaired) electrons. The van der Waals surface area contributed by atoms with Crippen molar-refractivity contribution in [3.05, 3.63) is 69.1 Å². The SMILES string of the molecule is CCOC(=O)c1c(O)c2ncc(Cc3ccc(F)cc3)c3c2n(c1=O)C=C(COC)O3. The number of halogens is 1. The molecule has 160 valence electrons. The molecule has 31 heavy (non-hydrogen) atoms. The van der Waals surface area contributed by atoms with Crippen LogP contribution in [0, 0.1) is 5.82 Å². The molecule has 0 atom stereocenters. The number of esters is 1. The maximum absolute atomic E-state index is 13.3. The van der Waals surface area contributed by atoms with Gasteiger partial charge in [0, 0.05) is 25.3 Å². The van der Waals surface area contributed by atoms with Crippen LogP contribution in [-0.4, -0.2) is 41.0 Å². The standard InChI is InChI=1S/C22H19FN2O6/c1-3-30-22(28)16-19(26)17-18-20(31-15(11-29-2)10-25(18)21(16)27)13(9-24-17)8-12-4-6-14(23)7-5-12/h4-7,9-10,26H,3,8,11H2,1-2H3. The van der Waals surface area contributed by atoms with E-state index in [1.807, 2.05) is 0 Å². The molecule has 0 amide bonds. The number of benzene rings is 1. The molecule has 9 heteroatoms. The van der Waals surface area contributed by atoms with Crippen LogP contribution in [0.15, 0.2) is 41.0 Å². The van der Waals surface area contributed by atoms with Gasteiger partial charge in [-0.05, 0) is 24.6 Å². The third kappa shape index (κ3) is 3.64. The molecular weight excluding hydrogens is 407 g/mol. The lowest BCUT2D eigenvalue weighted by Crippen LogP contribution is -2.28. The molecule has 0 aliphatic carbocycles. The van der Waals surface area contributed by atoms with Crippen LogP contribution in [0.4, 0.5) is 4.39 Å². The first-order valence-corrected chi connectivity index (χ1v) is 9.52. The van der Waals surface area contributed by atoms with E-state index in [2.05, 4.69) is 4.98 Å². The zero-order chi connectivity index (χ0) is 22.1. The molecular formula is C22H19FN2O6. The lowest BCUT2D eigenvalue weighted by atomic mass is 10.0. The number of aromatic hydroxyl groups is 1. The molecule has 3 aromatic rings. The summed E-state index contributed by atoms with van der Waals surface area (Å²) in [6.45, 7) is 1.71. The quantitative estimate of drug-likeness (QED) is 0.605. The fraction of sp³-hybridized carbons (Fsp3) is 0.227. The Morgan fingerprint density at radius 3 is 2.71 bits per heavy atom. The van der Waals surface area contributed by atoms with Crippen LogP contribution in [0.3, 0.4) is 0 Å². The first-order valence-electron chi connectivity index (χ1n) is 9.52. The van der Waals surface area contributed by atoms with E-state index in [0.717, 1.165) is 5.56 Å². The Labute approximate surface area is 176 Å². The van der Waals surface area contributed by atoms with Gasteiger partial charge < -0.3 is 19.3 Å². The maximum Gasteiger partial charge on any atom is 0.347 e. The Morgan fingerprint density at radius 2 is 2.03 bits per heavy atom. The van der Waals surface area contributed by atoms with Crippen LogP contribution >= 0.6 is 0 Å². The highest BCUT2D eigenvalue weighted by atomic mass is 19.1. The van der Waals surface area contributed by atoms with Crippen molar-refractivity contribution in [1.82, 2.24) is 9.55 Å². The van der Waals surface area contributed by atoms with Crippen molar-refractivity contribution in [2.45, 2.75) is 13.3 Å². The third-order valence-electron chi connectivity index (χ3n) is 4.80. The van der Waals surface area contributed by atoms with Crippen molar-refractivity contribution in [1.29, 1.82) is 0 Å². The number of nitrogens with zero attached hydrogens (tertiary/aromatic N) is 2. The van der Waals surface area contributed by atoms with Crippen molar-refractivity contribution >= 4 is 23.2 Å². The van der Waals surface area contributed by atoms with Crippen LogP contribution in [0.25, 0.3) is 17.2 Å². The second-order valence-electron chi connectivity index (χ2n) is 6.86. The molecule has 8 nitrogen and oxygen atoms in total. The molecule has 0 spiro atoms. The molecule has 0 saturated heterocycles. The minimum atomic E-state index is -0.942. The maximum atomic E-state index is 13.3. The van der Waals surface area contributed by atoms with E-state index >= 15 is 0 Å². The van der Waals surface area contributed by atoms with Crippen molar-refractivity contribution < 1.29 is 28.5 Å². The molecule has 1 aliphatic rings. The fourth-order valence-corrected chi connectivity index (χ4v) is 3.44. The minimum absolute atomic E-state index is 0.0215. The van der Waals surface area contributed by atoms with Gasteiger partial charge in [-0.15, -0.1) is 0 Å². The number of hydrogen-bond acceptors (Lipinski definition) is 7.